The Morgan fingerprint density at radius 3 is 1.84 bits per heavy atom. The molecule has 1 rings (SSSR count). The van der Waals surface area contributed by atoms with Gasteiger partial charge < -0.3 is 16.4 Å². The van der Waals surface area contributed by atoms with E-state index >= 15 is 0 Å². The second-order valence-corrected chi connectivity index (χ2v) is 3.74. The maximum atomic E-state index is 13.7. The van der Waals surface area contributed by atoms with Crippen LogP contribution in [0.3, 0.4) is 0 Å². The van der Waals surface area contributed by atoms with Gasteiger partial charge in [-0.3, -0.25) is 14.4 Å². The molecule has 4 N–H and O–H groups in total. The maximum absolute atomic E-state index is 13.7. The first-order valence-corrected chi connectivity index (χ1v) is 5.11. The molecule has 19 heavy (non-hydrogen) atoms. The van der Waals surface area contributed by atoms with Crippen LogP contribution in [-0.2, 0) is 9.59 Å². The lowest BCUT2D eigenvalue weighted by molar-refractivity contribution is -0.117. The molecule has 0 unspecified atom stereocenters. The molecule has 0 aliphatic rings. The highest BCUT2D eigenvalue weighted by atomic mass is 19.1. The quantitative estimate of drug-likeness (QED) is 0.683. The normalized spacial score (nSPS) is 10.0. The van der Waals surface area contributed by atoms with E-state index in [4.69, 9.17) is 11.5 Å². The summed E-state index contributed by atoms with van der Waals surface area (Å²) >= 11 is 0. The SMILES string of the molecule is NC(=O)CN(CC(N)=O)c1c(F)cc(C=O)cc1F. The van der Waals surface area contributed by atoms with Gasteiger partial charge in [-0.05, 0) is 12.1 Å². The third kappa shape index (κ3) is 3.73. The number of aldehydes is 1. The molecule has 0 atom stereocenters. The molecular weight excluding hydrogens is 260 g/mol. The zero-order valence-corrected chi connectivity index (χ0v) is 9.73. The van der Waals surface area contributed by atoms with Gasteiger partial charge in [0, 0.05) is 5.56 Å². The van der Waals surface area contributed by atoms with Gasteiger partial charge in [-0.2, -0.15) is 0 Å². The van der Waals surface area contributed by atoms with Crippen LogP contribution in [0.5, 0.6) is 0 Å². The van der Waals surface area contributed by atoms with E-state index in [1.54, 1.807) is 0 Å². The highest BCUT2D eigenvalue weighted by molar-refractivity contribution is 5.85. The minimum absolute atomic E-state index is 0.211. The number of carbonyl (C=O) groups excluding carboxylic acids is 3. The minimum Gasteiger partial charge on any atom is -0.368 e. The van der Waals surface area contributed by atoms with Crippen molar-refractivity contribution < 1.29 is 23.2 Å². The third-order valence-corrected chi connectivity index (χ3v) is 2.18. The molecule has 2 amide bonds. The second kappa shape index (κ2) is 5.89. The van der Waals surface area contributed by atoms with Crippen LogP contribution in [0, 0.1) is 11.6 Å². The minimum atomic E-state index is -1.09. The van der Waals surface area contributed by atoms with Crippen molar-refractivity contribution in [2.45, 2.75) is 0 Å². The van der Waals surface area contributed by atoms with E-state index in [0.717, 1.165) is 17.0 Å². The fourth-order valence-electron chi connectivity index (χ4n) is 1.55. The van der Waals surface area contributed by atoms with Crippen molar-refractivity contribution in [2.24, 2.45) is 11.5 Å². The van der Waals surface area contributed by atoms with Crippen molar-refractivity contribution in [1.29, 1.82) is 0 Å². The van der Waals surface area contributed by atoms with Gasteiger partial charge in [-0.1, -0.05) is 0 Å². The summed E-state index contributed by atoms with van der Waals surface area (Å²) in [6.45, 7) is -1.17. The molecule has 0 aliphatic carbocycles. The molecule has 0 saturated carbocycles. The molecule has 0 radical (unpaired) electrons. The Morgan fingerprint density at radius 1 is 1.11 bits per heavy atom. The second-order valence-electron chi connectivity index (χ2n) is 3.74. The first-order chi connectivity index (χ1) is 8.85. The zero-order valence-electron chi connectivity index (χ0n) is 9.73. The monoisotopic (exact) mass is 271 g/mol. The lowest BCUT2D eigenvalue weighted by atomic mass is 10.2. The van der Waals surface area contributed by atoms with Gasteiger partial charge in [-0.25, -0.2) is 8.78 Å². The first kappa shape index (κ1) is 14.6. The topological polar surface area (TPSA) is 106 Å². The van der Waals surface area contributed by atoms with Crippen molar-refractivity contribution in [3.8, 4) is 0 Å². The molecule has 0 bridgehead atoms. The van der Waals surface area contributed by atoms with Crippen LogP contribution >= 0.6 is 0 Å². The maximum Gasteiger partial charge on any atom is 0.236 e. The average Bonchev–Trinajstić information content (AvgIpc) is 2.25. The summed E-state index contributed by atoms with van der Waals surface area (Å²) < 4.78 is 27.4. The van der Waals surface area contributed by atoms with Crippen molar-refractivity contribution in [1.82, 2.24) is 0 Å². The highest BCUT2D eigenvalue weighted by Crippen LogP contribution is 2.24. The van der Waals surface area contributed by atoms with Crippen LogP contribution in [0.25, 0.3) is 0 Å². The number of rotatable bonds is 6. The number of amides is 2. The smallest absolute Gasteiger partial charge is 0.236 e. The number of nitrogens with zero attached hydrogens (tertiary/aromatic N) is 1. The van der Waals surface area contributed by atoms with Crippen LogP contribution in [0.2, 0.25) is 0 Å². The molecule has 1 aromatic carbocycles. The molecule has 0 spiro atoms. The number of hydrogen-bond donors (Lipinski definition) is 2. The van der Waals surface area contributed by atoms with E-state index in [2.05, 4.69) is 0 Å². The Morgan fingerprint density at radius 2 is 1.53 bits per heavy atom. The van der Waals surface area contributed by atoms with Gasteiger partial charge in [0.2, 0.25) is 11.8 Å². The summed E-state index contributed by atoms with van der Waals surface area (Å²) in [4.78, 5) is 32.9. The Bertz CT molecular complexity index is 495. The number of benzene rings is 1. The predicted molar refractivity (Wildman–Crippen MR) is 62.3 cm³/mol. The zero-order chi connectivity index (χ0) is 14.6. The average molecular weight is 271 g/mol. The summed E-state index contributed by atoms with van der Waals surface area (Å²) in [6, 6.07) is 1.56. The van der Waals surface area contributed by atoms with Crippen LogP contribution in [0.1, 0.15) is 10.4 Å². The van der Waals surface area contributed by atoms with Crippen LogP contribution in [-0.4, -0.2) is 31.2 Å². The molecule has 0 saturated heterocycles. The van der Waals surface area contributed by atoms with Crippen LogP contribution < -0.4 is 16.4 Å². The third-order valence-electron chi connectivity index (χ3n) is 2.18. The first-order valence-electron chi connectivity index (χ1n) is 5.11. The van der Waals surface area contributed by atoms with Gasteiger partial charge >= 0.3 is 0 Å². The highest BCUT2D eigenvalue weighted by Gasteiger charge is 2.21. The van der Waals surface area contributed by atoms with E-state index < -0.39 is 42.2 Å². The Kier molecular flexibility index (Phi) is 4.51. The van der Waals surface area contributed by atoms with Crippen LogP contribution in [0.15, 0.2) is 12.1 Å². The van der Waals surface area contributed by atoms with Gasteiger partial charge in [0.05, 0.1) is 13.1 Å². The number of halogens is 2. The molecule has 0 heterocycles. The van der Waals surface area contributed by atoms with Gasteiger partial charge in [-0.15, -0.1) is 0 Å². The van der Waals surface area contributed by atoms with Crippen molar-refractivity contribution >= 4 is 23.8 Å². The summed E-state index contributed by atoms with van der Waals surface area (Å²) in [5.74, 6) is -3.96. The van der Waals surface area contributed by atoms with E-state index in [0.29, 0.717) is 0 Å². The number of nitrogens with two attached hydrogens (primary N) is 2. The number of primary amides is 2. The molecule has 102 valence electrons. The molecule has 0 aromatic heterocycles. The van der Waals surface area contributed by atoms with Crippen molar-refractivity contribution in [3.63, 3.8) is 0 Å². The van der Waals surface area contributed by atoms with E-state index in [9.17, 15) is 23.2 Å². The van der Waals surface area contributed by atoms with E-state index in [1.165, 1.54) is 0 Å². The molecule has 8 heteroatoms. The predicted octanol–water partition coefficient (Wildman–Crippen LogP) is -0.446. The van der Waals surface area contributed by atoms with E-state index in [1.807, 2.05) is 0 Å². The van der Waals surface area contributed by atoms with Crippen LogP contribution in [0.4, 0.5) is 14.5 Å². The summed E-state index contributed by atoms with van der Waals surface area (Å²) in [5, 5.41) is 0. The lowest BCUT2D eigenvalue weighted by Gasteiger charge is -2.22. The lowest BCUT2D eigenvalue weighted by Crippen LogP contribution is -2.40. The number of hydrogen-bond acceptors (Lipinski definition) is 4. The molecular formula is C11H11F2N3O3. The van der Waals surface area contributed by atoms with Gasteiger partial charge in [0.15, 0.2) is 0 Å². The molecule has 6 nitrogen and oxygen atoms in total. The largest absolute Gasteiger partial charge is 0.368 e. The van der Waals surface area contributed by atoms with Crippen molar-refractivity contribution in [2.75, 3.05) is 18.0 Å². The summed E-state index contributed by atoms with van der Waals surface area (Å²) in [5.41, 5.74) is 9.01. The molecule has 1 aromatic rings. The molecule has 0 aliphatic heterocycles. The Labute approximate surface area is 107 Å². The molecule has 0 fully saturated rings. The number of anilines is 1. The Hall–Kier alpha value is -2.51. The van der Waals surface area contributed by atoms with E-state index in [-0.39, 0.29) is 11.8 Å². The Balaban J connectivity index is 3.24. The standard InChI is InChI=1S/C11H11F2N3O3/c12-7-1-6(5-17)2-8(13)11(7)16(3-9(14)18)4-10(15)19/h1-2,5H,3-4H2,(H2,14,18)(H2,15,19). The summed E-state index contributed by atoms with van der Waals surface area (Å²) in [6.07, 6.45) is 0.266. The fourth-order valence-corrected chi connectivity index (χ4v) is 1.55. The summed E-state index contributed by atoms with van der Waals surface area (Å²) in [7, 11) is 0. The van der Waals surface area contributed by atoms with Gasteiger partial charge in [0.1, 0.15) is 23.6 Å². The number of carbonyl (C=O) groups is 3. The fraction of sp³-hybridized carbons (Fsp3) is 0.182. The van der Waals surface area contributed by atoms with Gasteiger partial charge in [0.25, 0.3) is 0 Å². The van der Waals surface area contributed by atoms with Crippen molar-refractivity contribution in [3.05, 3.63) is 29.3 Å².